The van der Waals surface area contributed by atoms with Crippen LogP contribution in [0.3, 0.4) is 0 Å². The third kappa shape index (κ3) is 5.47. The molecule has 1 aliphatic rings. The van der Waals surface area contributed by atoms with E-state index in [9.17, 15) is 9.18 Å². The molecule has 0 spiro atoms. The fourth-order valence-electron chi connectivity index (χ4n) is 3.39. The molecule has 5 nitrogen and oxygen atoms in total. The number of hydrogen-bond donors (Lipinski definition) is 1. The lowest BCUT2D eigenvalue weighted by atomic mass is 10.2. The van der Waals surface area contributed by atoms with Gasteiger partial charge in [0.1, 0.15) is 10.8 Å². The van der Waals surface area contributed by atoms with Crippen LogP contribution >= 0.6 is 11.3 Å². The van der Waals surface area contributed by atoms with Crippen LogP contribution in [0.25, 0.3) is 11.3 Å². The molecular weight excluding hydrogens is 387 g/mol. The van der Waals surface area contributed by atoms with Gasteiger partial charge in [-0.15, -0.1) is 11.3 Å². The lowest BCUT2D eigenvalue weighted by Crippen LogP contribution is -2.48. The summed E-state index contributed by atoms with van der Waals surface area (Å²) in [5.74, 6) is -0.467. The Hall–Kier alpha value is -2.61. The van der Waals surface area contributed by atoms with E-state index < -0.39 is 0 Å². The molecule has 1 aliphatic heterocycles. The Balaban J connectivity index is 1.23. The Bertz CT molecular complexity index is 954. The number of hydrogen-bond acceptors (Lipinski definition) is 5. The summed E-state index contributed by atoms with van der Waals surface area (Å²) < 4.78 is 13.2. The zero-order valence-corrected chi connectivity index (χ0v) is 16.9. The molecule has 0 saturated carbocycles. The first-order valence-corrected chi connectivity index (χ1v) is 10.5. The lowest BCUT2D eigenvalue weighted by Gasteiger charge is -2.33. The molecule has 29 heavy (non-hydrogen) atoms. The molecule has 0 radical (unpaired) electrons. The van der Waals surface area contributed by atoms with Gasteiger partial charge in [0.05, 0.1) is 18.8 Å². The molecule has 1 aromatic heterocycles. The minimum atomic E-state index is -0.353. The number of halogens is 1. The topological polar surface area (TPSA) is 48.5 Å². The highest BCUT2D eigenvalue weighted by molar-refractivity contribution is 7.09. The van der Waals surface area contributed by atoms with Gasteiger partial charge in [0, 0.05) is 42.8 Å². The number of nitrogens with zero attached hydrogens (tertiary/aromatic N) is 3. The molecule has 1 fully saturated rings. The highest BCUT2D eigenvalue weighted by Crippen LogP contribution is 2.22. The molecule has 7 heteroatoms. The molecule has 0 aliphatic carbocycles. The highest BCUT2D eigenvalue weighted by Gasteiger charge is 2.20. The summed E-state index contributed by atoms with van der Waals surface area (Å²) in [4.78, 5) is 21.5. The SMILES string of the molecule is O=C(CN1CCN(Cc2nc(-c3ccccc3)cs2)CC1)Nc1cccc(F)c1. The Kier molecular flexibility index (Phi) is 6.29. The van der Waals surface area contributed by atoms with E-state index in [0.29, 0.717) is 12.2 Å². The third-order valence-corrected chi connectivity index (χ3v) is 5.75. The van der Waals surface area contributed by atoms with Crippen LogP contribution in [0.15, 0.2) is 60.0 Å². The van der Waals surface area contributed by atoms with Crippen molar-refractivity contribution in [3.63, 3.8) is 0 Å². The summed E-state index contributed by atoms with van der Waals surface area (Å²) in [6.45, 7) is 4.60. The molecule has 0 unspecified atom stereocenters. The second-order valence-corrected chi connectivity index (χ2v) is 8.05. The van der Waals surface area contributed by atoms with E-state index in [4.69, 9.17) is 4.98 Å². The van der Waals surface area contributed by atoms with Crippen molar-refractivity contribution >= 4 is 22.9 Å². The number of amides is 1. The van der Waals surface area contributed by atoms with Crippen molar-refractivity contribution in [2.45, 2.75) is 6.54 Å². The third-order valence-electron chi connectivity index (χ3n) is 4.92. The van der Waals surface area contributed by atoms with Gasteiger partial charge >= 0.3 is 0 Å². The van der Waals surface area contributed by atoms with Crippen molar-refractivity contribution in [3.05, 3.63) is 70.8 Å². The van der Waals surface area contributed by atoms with Crippen molar-refractivity contribution in [3.8, 4) is 11.3 Å². The maximum Gasteiger partial charge on any atom is 0.238 e. The second kappa shape index (κ2) is 9.26. The number of thiazole rings is 1. The van der Waals surface area contributed by atoms with Crippen molar-refractivity contribution in [1.82, 2.24) is 14.8 Å². The fraction of sp³-hybridized carbons (Fsp3) is 0.273. The Morgan fingerprint density at radius 2 is 1.79 bits per heavy atom. The predicted molar refractivity (Wildman–Crippen MR) is 114 cm³/mol. The number of aromatic nitrogens is 1. The summed E-state index contributed by atoms with van der Waals surface area (Å²) in [6.07, 6.45) is 0. The minimum absolute atomic E-state index is 0.114. The summed E-state index contributed by atoms with van der Waals surface area (Å²) >= 11 is 1.69. The van der Waals surface area contributed by atoms with Gasteiger partial charge in [-0.05, 0) is 18.2 Å². The normalized spacial score (nSPS) is 15.3. The van der Waals surface area contributed by atoms with E-state index in [1.165, 1.54) is 12.1 Å². The quantitative estimate of drug-likeness (QED) is 0.673. The largest absolute Gasteiger partial charge is 0.325 e. The van der Waals surface area contributed by atoms with E-state index in [2.05, 4.69) is 32.6 Å². The van der Waals surface area contributed by atoms with E-state index in [0.717, 1.165) is 49.0 Å². The number of piperazine rings is 1. The standard InChI is InChI=1S/C22H23FN4OS/c23-18-7-4-8-19(13-18)24-21(28)14-26-9-11-27(12-10-26)15-22-25-20(16-29-22)17-5-2-1-3-6-17/h1-8,13,16H,9-12,14-15H2,(H,24,28). The van der Waals surface area contributed by atoms with Crippen LogP contribution in [0.5, 0.6) is 0 Å². The van der Waals surface area contributed by atoms with E-state index in [1.54, 1.807) is 23.5 Å². The summed E-state index contributed by atoms with van der Waals surface area (Å²) in [7, 11) is 0. The lowest BCUT2D eigenvalue weighted by molar-refractivity contribution is -0.117. The zero-order valence-electron chi connectivity index (χ0n) is 16.1. The van der Waals surface area contributed by atoms with E-state index in [-0.39, 0.29) is 11.7 Å². The van der Waals surface area contributed by atoms with Crippen LogP contribution in [-0.4, -0.2) is 53.4 Å². The Labute approximate surface area is 173 Å². The van der Waals surface area contributed by atoms with Gasteiger partial charge in [0.2, 0.25) is 5.91 Å². The highest BCUT2D eigenvalue weighted by atomic mass is 32.1. The molecule has 2 aromatic carbocycles. The number of anilines is 1. The molecule has 0 bridgehead atoms. The molecule has 3 aromatic rings. The first-order chi connectivity index (χ1) is 14.2. The van der Waals surface area contributed by atoms with Crippen LogP contribution in [0.1, 0.15) is 5.01 Å². The molecule has 2 heterocycles. The van der Waals surface area contributed by atoms with Gasteiger partial charge in [0.15, 0.2) is 0 Å². The maximum atomic E-state index is 13.2. The van der Waals surface area contributed by atoms with Crippen molar-refractivity contribution < 1.29 is 9.18 Å². The average Bonchev–Trinajstić information content (AvgIpc) is 3.19. The summed E-state index contributed by atoms with van der Waals surface area (Å²) in [5, 5.41) is 5.98. The fourth-order valence-corrected chi connectivity index (χ4v) is 4.24. The number of carbonyl (C=O) groups is 1. The van der Waals surface area contributed by atoms with E-state index in [1.807, 2.05) is 18.2 Å². The van der Waals surface area contributed by atoms with Gasteiger partial charge in [0.25, 0.3) is 0 Å². The van der Waals surface area contributed by atoms with Crippen molar-refractivity contribution in [2.75, 3.05) is 38.0 Å². The van der Waals surface area contributed by atoms with Crippen LogP contribution in [0.4, 0.5) is 10.1 Å². The predicted octanol–water partition coefficient (Wildman–Crippen LogP) is 3.71. The second-order valence-electron chi connectivity index (χ2n) is 7.10. The zero-order chi connectivity index (χ0) is 20.1. The number of carbonyl (C=O) groups excluding carboxylic acids is 1. The first-order valence-electron chi connectivity index (χ1n) is 9.66. The van der Waals surface area contributed by atoms with Crippen LogP contribution in [0, 0.1) is 5.82 Å². The monoisotopic (exact) mass is 410 g/mol. The van der Waals surface area contributed by atoms with Crippen LogP contribution in [-0.2, 0) is 11.3 Å². The Morgan fingerprint density at radius 1 is 1.03 bits per heavy atom. The van der Waals surface area contributed by atoms with Gasteiger partial charge in [-0.25, -0.2) is 9.37 Å². The molecular formula is C22H23FN4OS. The summed E-state index contributed by atoms with van der Waals surface area (Å²) in [5.41, 5.74) is 2.66. The number of nitrogens with one attached hydrogen (secondary N) is 1. The summed E-state index contributed by atoms with van der Waals surface area (Å²) in [6, 6.07) is 16.2. The van der Waals surface area contributed by atoms with Gasteiger partial charge in [-0.1, -0.05) is 36.4 Å². The first kappa shape index (κ1) is 19.7. The molecule has 1 amide bonds. The molecule has 1 saturated heterocycles. The molecule has 150 valence electrons. The number of rotatable bonds is 6. The van der Waals surface area contributed by atoms with Gasteiger partial charge < -0.3 is 5.32 Å². The molecule has 0 atom stereocenters. The average molecular weight is 411 g/mol. The van der Waals surface area contributed by atoms with Crippen LogP contribution < -0.4 is 5.32 Å². The molecule has 1 N–H and O–H groups in total. The maximum absolute atomic E-state index is 13.2. The molecule has 4 rings (SSSR count). The van der Waals surface area contributed by atoms with Crippen LogP contribution in [0.2, 0.25) is 0 Å². The Morgan fingerprint density at radius 3 is 2.55 bits per heavy atom. The van der Waals surface area contributed by atoms with Gasteiger partial charge in [-0.3, -0.25) is 14.6 Å². The van der Waals surface area contributed by atoms with E-state index >= 15 is 0 Å². The minimum Gasteiger partial charge on any atom is -0.325 e. The number of benzene rings is 2. The van der Waals surface area contributed by atoms with Crippen molar-refractivity contribution in [1.29, 1.82) is 0 Å². The van der Waals surface area contributed by atoms with Crippen molar-refractivity contribution in [2.24, 2.45) is 0 Å². The van der Waals surface area contributed by atoms with Gasteiger partial charge in [-0.2, -0.15) is 0 Å². The smallest absolute Gasteiger partial charge is 0.238 e.